The molecule has 0 unspecified atom stereocenters. The molecule has 1 N–H and O–H groups in total. The van der Waals surface area contributed by atoms with Crippen LogP contribution < -0.4 is 5.32 Å². The molecule has 0 atom stereocenters. The molecular weight excluding hydrogens is 328 g/mol. The lowest BCUT2D eigenvalue weighted by Gasteiger charge is -2.07. The Labute approximate surface area is 167 Å². The summed E-state index contributed by atoms with van der Waals surface area (Å²) in [6.07, 6.45) is 19.7. The second-order valence-electron chi connectivity index (χ2n) is 7.91. The van der Waals surface area contributed by atoms with Crippen LogP contribution in [0.15, 0.2) is 36.4 Å². The molecule has 1 aromatic heterocycles. The molecule has 2 nitrogen and oxygen atoms in total. The van der Waals surface area contributed by atoms with E-state index in [4.69, 9.17) is 0 Å². The predicted octanol–water partition coefficient (Wildman–Crippen LogP) is 8.13. The van der Waals surface area contributed by atoms with Gasteiger partial charge in [0.1, 0.15) is 5.82 Å². The van der Waals surface area contributed by atoms with Crippen LogP contribution in [0.1, 0.15) is 96.8 Å². The van der Waals surface area contributed by atoms with E-state index < -0.39 is 0 Å². The van der Waals surface area contributed by atoms with Gasteiger partial charge in [-0.05, 0) is 24.6 Å². The Hall–Kier alpha value is -1.57. The second kappa shape index (κ2) is 14.5. The number of anilines is 1. The number of pyridine rings is 1. The molecule has 2 heteroatoms. The van der Waals surface area contributed by atoms with Crippen molar-refractivity contribution < 1.29 is 0 Å². The van der Waals surface area contributed by atoms with E-state index in [0.717, 1.165) is 17.9 Å². The first-order valence-electron chi connectivity index (χ1n) is 11.5. The number of rotatable bonds is 16. The zero-order chi connectivity index (χ0) is 19.0. The van der Waals surface area contributed by atoms with Crippen molar-refractivity contribution in [3.8, 4) is 0 Å². The van der Waals surface area contributed by atoms with Gasteiger partial charge in [0.15, 0.2) is 0 Å². The Morgan fingerprint density at radius 1 is 0.630 bits per heavy atom. The van der Waals surface area contributed by atoms with Crippen LogP contribution in [0, 0.1) is 0 Å². The number of hydrogen-bond acceptors (Lipinski definition) is 2. The SMILES string of the molecule is CCCCCCCCCCCCCCCCNc1ccc2ccccc2n1. The lowest BCUT2D eigenvalue weighted by molar-refractivity contribution is 0.537. The molecule has 27 heavy (non-hydrogen) atoms. The van der Waals surface area contributed by atoms with Crippen LogP contribution in [0.5, 0.6) is 0 Å². The molecule has 0 aliphatic rings. The molecule has 0 saturated carbocycles. The highest BCUT2D eigenvalue weighted by Crippen LogP contribution is 2.15. The highest BCUT2D eigenvalue weighted by atomic mass is 15.0. The van der Waals surface area contributed by atoms with Crippen molar-refractivity contribution >= 4 is 16.7 Å². The van der Waals surface area contributed by atoms with Crippen LogP contribution in [0.4, 0.5) is 5.82 Å². The zero-order valence-electron chi connectivity index (χ0n) is 17.5. The summed E-state index contributed by atoms with van der Waals surface area (Å²) in [5.41, 5.74) is 1.07. The van der Waals surface area contributed by atoms with Gasteiger partial charge in [-0.3, -0.25) is 0 Å². The Morgan fingerprint density at radius 3 is 1.81 bits per heavy atom. The van der Waals surface area contributed by atoms with Crippen LogP contribution in [0.3, 0.4) is 0 Å². The predicted molar refractivity (Wildman–Crippen MR) is 121 cm³/mol. The number of benzene rings is 1. The van der Waals surface area contributed by atoms with Gasteiger partial charge < -0.3 is 5.32 Å². The molecule has 0 aliphatic heterocycles. The van der Waals surface area contributed by atoms with E-state index in [0.29, 0.717) is 0 Å². The van der Waals surface area contributed by atoms with E-state index in [1.165, 1.54) is 95.3 Å². The first kappa shape index (κ1) is 21.7. The van der Waals surface area contributed by atoms with Gasteiger partial charge in [-0.15, -0.1) is 0 Å². The van der Waals surface area contributed by atoms with Crippen molar-refractivity contribution in [2.24, 2.45) is 0 Å². The van der Waals surface area contributed by atoms with Crippen molar-refractivity contribution in [3.05, 3.63) is 36.4 Å². The van der Waals surface area contributed by atoms with Gasteiger partial charge in [0.25, 0.3) is 0 Å². The van der Waals surface area contributed by atoms with Crippen molar-refractivity contribution in [3.63, 3.8) is 0 Å². The monoisotopic (exact) mass is 368 g/mol. The molecule has 150 valence electrons. The summed E-state index contributed by atoms with van der Waals surface area (Å²) in [7, 11) is 0. The van der Waals surface area contributed by atoms with Crippen LogP contribution in [-0.2, 0) is 0 Å². The summed E-state index contributed by atoms with van der Waals surface area (Å²) in [5.74, 6) is 1.00. The molecule has 0 bridgehead atoms. The van der Waals surface area contributed by atoms with Crippen molar-refractivity contribution in [1.29, 1.82) is 0 Å². The average Bonchev–Trinajstić information content (AvgIpc) is 2.71. The summed E-state index contributed by atoms with van der Waals surface area (Å²) in [4.78, 5) is 4.67. The van der Waals surface area contributed by atoms with E-state index in [1.807, 2.05) is 6.07 Å². The topological polar surface area (TPSA) is 24.9 Å². The number of hydrogen-bond donors (Lipinski definition) is 1. The molecule has 0 saturated heterocycles. The van der Waals surface area contributed by atoms with Gasteiger partial charge in [-0.1, -0.05) is 109 Å². The van der Waals surface area contributed by atoms with Gasteiger partial charge in [0.05, 0.1) is 5.52 Å². The minimum atomic E-state index is 1.00. The maximum Gasteiger partial charge on any atom is 0.126 e. The van der Waals surface area contributed by atoms with Gasteiger partial charge in [-0.2, -0.15) is 0 Å². The van der Waals surface area contributed by atoms with Gasteiger partial charge >= 0.3 is 0 Å². The Bertz CT molecular complexity index is 608. The van der Waals surface area contributed by atoms with Crippen molar-refractivity contribution in [2.75, 3.05) is 11.9 Å². The van der Waals surface area contributed by atoms with Gasteiger partial charge in [0.2, 0.25) is 0 Å². The van der Waals surface area contributed by atoms with Crippen LogP contribution >= 0.6 is 0 Å². The number of nitrogens with zero attached hydrogens (tertiary/aromatic N) is 1. The third-order valence-electron chi connectivity index (χ3n) is 5.43. The minimum Gasteiger partial charge on any atom is -0.370 e. The number of nitrogens with one attached hydrogen (secondary N) is 1. The van der Waals surface area contributed by atoms with E-state index >= 15 is 0 Å². The molecule has 0 aliphatic carbocycles. The Kier molecular flexibility index (Phi) is 11.7. The van der Waals surface area contributed by atoms with E-state index in [9.17, 15) is 0 Å². The van der Waals surface area contributed by atoms with E-state index in [-0.39, 0.29) is 0 Å². The highest BCUT2D eigenvalue weighted by molar-refractivity contribution is 5.79. The minimum absolute atomic E-state index is 1.00. The molecule has 1 heterocycles. The smallest absolute Gasteiger partial charge is 0.126 e. The lowest BCUT2D eigenvalue weighted by Crippen LogP contribution is -2.03. The molecule has 1 aromatic carbocycles. The molecular formula is C25H40N2. The highest BCUT2D eigenvalue weighted by Gasteiger charge is 1.98. The Balaban J connectivity index is 1.37. The molecule has 0 fully saturated rings. The maximum atomic E-state index is 4.67. The first-order valence-corrected chi connectivity index (χ1v) is 11.5. The normalized spacial score (nSPS) is 11.1. The van der Waals surface area contributed by atoms with E-state index in [2.05, 4.69) is 47.6 Å². The fourth-order valence-corrected chi connectivity index (χ4v) is 3.70. The van der Waals surface area contributed by atoms with Crippen molar-refractivity contribution in [1.82, 2.24) is 4.98 Å². The van der Waals surface area contributed by atoms with Gasteiger partial charge in [-0.25, -0.2) is 4.98 Å². The quantitative estimate of drug-likeness (QED) is 0.302. The summed E-state index contributed by atoms with van der Waals surface area (Å²) in [6.45, 7) is 3.32. The third-order valence-corrected chi connectivity index (χ3v) is 5.43. The number of unbranched alkanes of at least 4 members (excludes halogenated alkanes) is 13. The number of fused-ring (bicyclic) bond motifs is 1. The van der Waals surface area contributed by atoms with E-state index in [1.54, 1.807) is 0 Å². The van der Waals surface area contributed by atoms with Gasteiger partial charge in [0, 0.05) is 11.9 Å². The summed E-state index contributed by atoms with van der Waals surface area (Å²) in [6, 6.07) is 12.5. The second-order valence-corrected chi connectivity index (χ2v) is 7.91. The van der Waals surface area contributed by atoms with Crippen LogP contribution in [-0.4, -0.2) is 11.5 Å². The maximum absolute atomic E-state index is 4.67. The molecule has 0 radical (unpaired) electrons. The average molecular weight is 369 g/mol. The number of aromatic nitrogens is 1. The van der Waals surface area contributed by atoms with Crippen molar-refractivity contribution in [2.45, 2.75) is 96.8 Å². The fraction of sp³-hybridized carbons (Fsp3) is 0.640. The Morgan fingerprint density at radius 2 is 1.19 bits per heavy atom. The molecule has 2 rings (SSSR count). The fourth-order valence-electron chi connectivity index (χ4n) is 3.70. The number of para-hydroxylation sites is 1. The van der Waals surface area contributed by atoms with Crippen LogP contribution in [0.2, 0.25) is 0 Å². The lowest BCUT2D eigenvalue weighted by atomic mass is 10.0. The molecule has 2 aromatic rings. The van der Waals surface area contributed by atoms with Crippen LogP contribution in [0.25, 0.3) is 10.9 Å². The first-order chi connectivity index (χ1) is 13.4. The summed E-state index contributed by atoms with van der Waals surface area (Å²) < 4.78 is 0. The third kappa shape index (κ3) is 9.79. The standard InChI is InChI=1S/C25H40N2/c1-2-3-4-5-6-7-8-9-10-11-12-13-14-17-22-26-25-21-20-23-18-15-16-19-24(23)27-25/h15-16,18-21H,2-14,17,22H2,1H3,(H,26,27). The summed E-state index contributed by atoms with van der Waals surface area (Å²) >= 11 is 0. The molecule has 0 spiro atoms. The molecule has 0 amide bonds. The largest absolute Gasteiger partial charge is 0.370 e. The summed E-state index contributed by atoms with van der Waals surface area (Å²) in [5, 5.41) is 4.68. The zero-order valence-corrected chi connectivity index (χ0v) is 17.5.